The molecule has 15 heavy (non-hydrogen) atoms. The number of carbonyl (C=O) groups is 1. The second kappa shape index (κ2) is 4.61. The van der Waals surface area contributed by atoms with Gasteiger partial charge in [-0.1, -0.05) is 36.7 Å². The van der Waals surface area contributed by atoms with E-state index < -0.39 is 0 Å². The number of hydrogen-bond donors (Lipinski definition) is 0. The van der Waals surface area contributed by atoms with Crippen LogP contribution in [0, 0.1) is 5.41 Å². The Morgan fingerprint density at radius 3 is 2.67 bits per heavy atom. The lowest BCUT2D eigenvalue weighted by molar-refractivity contribution is 0.0594. The molecule has 0 aliphatic carbocycles. The van der Waals surface area contributed by atoms with E-state index in [-0.39, 0.29) is 16.2 Å². The highest BCUT2D eigenvalue weighted by molar-refractivity contribution is 9.09. The van der Waals surface area contributed by atoms with Crippen LogP contribution < -0.4 is 0 Å². The van der Waals surface area contributed by atoms with Crippen molar-refractivity contribution < 1.29 is 9.53 Å². The van der Waals surface area contributed by atoms with Gasteiger partial charge < -0.3 is 4.74 Å². The standard InChI is InChI=1S/C10H14BrNO2S/c1-10(2,3)7(11)8-12-6(5-15-8)9(13)14-4/h5,7H,1-4H3. The Balaban J connectivity index is 2.89. The number of hydrogen-bond acceptors (Lipinski definition) is 4. The fraction of sp³-hybridized carbons (Fsp3) is 0.600. The fourth-order valence-corrected chi connectivity index (χ4v) is 2.40. The van der Waals surface area contributed by atoms with Gasteiger partial charge in [-0.25, -0.2) is 9.78 Å². The average Bonchev–Trinajstić information content (AvgIpc) is 2.62. The van der Waals surface area contributed by atoms with Gasteiger partial charge in [0.1, 0.15) is 5.01 Å². The second-order valence-corrected chi connectivity index (χ2v) is 6.10. The number of thiazole rings is 1. The maximum Gasteiger partial charge on any atom is 0.357 e. The normalized spacial score (nSPS) is 13.7. The predicted molar refractivity (Wildman–Crippen MR) is 64.6 cm³/mol. The number of halogens is 1. The Hall–Kier alpha value is -0.420. The molecule has 0 aliphatic heterocycles. The highest BCUT2D eigenvalue weighted by Gasteiger charge is 2.27. The molecular formula is C10H14BrNO2S. The van der Waals surface area contributed by atoms with Crippen molar-refractivity contribution in [2.45, 2.75) is 25.6 Å². The number of rotatable bonds is 2. The van der Waals surface area contributed by atoms with Gasteiger partial charge in [-0.2, -0.15) is 0 Å². The summed E-state index contributed by atoms with van der Waals surface area (Å²) >= 11 is 5.06. The van der Waals surface area contributed by atoms with Crippen LogP contribution in [-0.2, 0) is 4.74 Å². The van der Waals surface area contributed by atoms with E-state index in [9.17, 15) is 4.79 Å². The molecule has 84 valence electrons. The average molecular weight is 292 g/mol. The van der Waals surface area contributed by atoms with Gasteiger partial charge in [0.15, 0.2) is 5.69 Å². The first-order chi connectivity index (χ1) is 6.86. The molecule has 3 nitrogen and oxygen atoms in total. The number of esters is 1. The van der Waals surface area contributed by atoms with Crippen molar-refractivity contribution in [3.8, 4) is 0 Å². The maximum atomic E-state index is 11.2. The largest absolute Gasteiger partial charge is 0.464 e. The number of aromatic nitrogens is 1. The SMILES string of the molecule is COC(=O)c1csc(C(Br)C(C)(C)C)n1. The minimum absolute atomic E-state index is 0.0746. The number of methoxy groups -OCH3 is 1. The second-order valence-electron chi connectivity index (χ2n) is 4.29. The number of carbonyl (C=O) groups excluding carboxylic acids is 1. The van der Waals surface area contributed by atoms with Gasteiger partial charge in [0.05, 0.1) is 11.9 Å². The van der Waals surface area contributed by atoms with E-state index in [1.165, 1.54) is 18.4 Å². The van der Waals surface area contributed by atoms with Gasteiger partial charge in [0.2, 0.25) is 0 Å². The Morgan fingerprint density at radius 2 is 2.20 bits per heavy atom. The Kier molecular flexibility index (Phi) is 3.89. The van der Waals surface area contributed by atoms with Gasteiger partial charge in [0, 0.05) is 5.38 Å². The van der Waals surface area contributed by atoms with Crippen molar-refractivity contribution in [2.24, 2.45) is 5.41 Å². The summed E-state index contributed by atoms with van der Waals surface area (Å²) in [6.07, 6.45) is 0. The molecule has 0 spiro atoms. The van der Waals surface area contributed by atoms with Gasteiger partial charge in [-0.15, -0.1) is 11.3 Å². The van der Waals surface area contributed by atoms with E-state index in [1.807, 2.05) is 0 Å². The zero-order chi connectivity index (χ0) is 11.6. The number of alkyl halides is 1. The molecule has 0 saturated heterocycles. The van der Waals surface area contributed by atoms with Gasteiger partial charge in [-0.05, 0) is 5.41 Å². The van der Waals surface area contributed by atoms with Crippen molar-refractivity contribution in [1.29, 1.82) is 0 Å². The van der Waals surface area contributed by atoms with Crippen LogP contribution >= 0.6 is 27.3 Å². The summed E-state index contributed by atoms with van der Waals surface area (Å²) < 4.78 is 4.60. The van der Waals surface area contributed by atoms with Crippen LogP contribution in [0.4, 0.5) is 0 Å². The van der Waals surface area contributed by atoms with Crippen LogP contribution in [0.2, 0.25) is 0 Å². The van der Waals surface area contributed by atoms with Crippen LogP contribution in [0.15, 0.2) is 5.38 Å². The van der Waals surface area contributed by atoms with E-state index in [2.05, 4.69) is 46.4 Å². The molecule has 1 rings (SSSR count). The first-order valence-corrected chi connectivity index (χ1v) is 6.33. The molecule has 1 aromatic heterocycles. The molecule has 0 saturated carbocycles. The Labute approximate surface area is 102 Å². The summed E-state index contributed by atoms with van der Waals surface area (Å²) in [5.41, 5.74) is 0.455. The summed E-state index contributed by atoms with van der Waals surface area (Å²) in [6, 6.07) is 0. The smallest absolute Gasteiger partial charge is 0.357 e. The third kappa shape index (κ3) is 3.01. The molecule has 0 aromatic carbocycles. The molecule has 0 bridgehead atoms. The molecule has 1 atom stereocenters. The van der Waals surface area contributed by atoms with Crippen molar-refractivity contribution in [3.63, 3.8) is 0 Å². The molecule has 0 aliphatic rings. The first kappa shape index (κ1) is 12.6. The third-order valence-electron chi connectivity index (χ3n) is 1.89. The lowest BCUT2D eigenvalue weighted by Crippen LogP contribution is -2.13. The van der Waals surface area contributed by atoms with Crippen LogP contribution in [-0.4, -0.2) is 18.1 Å². The quantitative estimate of drug-likeness (QED) is 0.619. The summed E-state index contributed by atoms with van der Waals surface area (Å²) in [6.45, 7) is 6.35. The summed E-state index contributed by atoms with van der Waals surface area (Å²) in [5.74, 6) is -0.383. The van der Waals surface area contributed by atoms with Crippen LogP contribution in [0.5, 0.6) is 0 Å². The molecule has 1 heterocycles. The molecule has 0 N–H and O–H groups in total. The zero-order valence-corrected chi connectivity index (χ0v) is 11.6. The van der Waals surface area contributed by atoms with Crippen LogP contribution in [0.1, 0.15) is 41.1 Å². The topological polar surface area (TPSA) is 39.2 Å². The molecule has 0 fully saturated rings. The van der Waals surface area contributed by atoms with E-state index >= 15 is 0 Å². The molecular weight excluding hydrogens is 278 g/mol. The summed E-state index contributed by atoms with van der Waals surface area (Å²) in [5, 5.41) is 2.63. The monoisotopic (exact) mass is 291 g/mol. The van der Waals surface area contributed by atoms with Crippen molar-refractivity contribution in [3.05, 3.63) is 16.1 Å². The number of nitrogens with zero attached hydrogens (tertiary/aromatic N) is 1. The minimum atomic E-state index is -0.383. The summed E-state index contributed by atoms with van der Waals surface area (Å²) in [7, 11) is 1.36. The molecule has 5 heteroatoms. The Bertz CT molecular complexity index is 357. The molecule has 1 unspecified atom stereocenters. The third-order valence-corrected chi connectivity index (χ3v) is 4.91. The van der Waals surface area contributed by atoms with Crippen LogP contribution in [0.3, 0.4) is 0 Å². The minimum Gasteiger partial charge on any atom is -0.464 e. The maximum absolute atomic E-state index is 11.2. The van der Waals surface area contributed by atoms with Gasteiger partial charge in [-0.3, -0.25) is 0 Å². The lowest BCUT2D eigenvalue weighted by Gasteiger charge is -2.23. The first-order valence-electron chi connectivity index (χ1n) is 4.54. The van der Waals surface area contributed by atoms with E-state index in [4.69, 9.17) is 0 Å². The van der Waals surface area contributed by atoms with Crippen molar-refractivity contribution in [2.75, 3.05) is 7.11 Å². The summed E-state index contributed by atoms with van der Waals surface area (Å²) in [4.78, 5) is 15.6. The molecule has 1 aromatic rings. The number of ether oxygens (including phenoxy) is 1. The molecule has 0 amide bonds. The zero-order valence-electron chi connectivity index (χ0n) is 9.20. The lowest BCUT2D eigenvalue weighted by atomic mass is 9.93. The highest BCUT2D eigenvalue weighted by atomic mass is 79.9. The van der Waals surface area contributed by atoms with Crippen LogP contribution in [0.25, 0.3) is 0 Å². The van der Waals surface area contributed by atoms with E-state index in [0.29, 0.717) is 5.69 Å². The van der Waals surface area contributed by atoms with Gasteiger partial charge in [0.25, 0.3) is 0 Å². The van der Waals surface area contributed by atoms with Crippen molar-refractivity contribution in [1.82, 2.24) is 4.98 Å². The molecule has 0 radical (unpaired) electrons. The predicted octanol–water partition coefficient (Wildman–Crippen LogP) is 3.41. The van der Waals surface area contributed by atoms with E-state index in [1.54, 1.807) is 5.38 Å². The highest BCUT2D eigenvalue weighted by Crippen LogP contribution is 2.41. The fourth-order valence-electron chi connectivity index (χ4n) is 0.973. The van der Waals surface area contributed by atoms with Crippen molar-refractivity contribution >= 4 is 33.2 Å². The Morgan fingerprint density at radius 1 is 1.60 bits per heavy atom. The van der Waals surface area contributed by atoms with E-state index in [0.717, 1.165) is 5.01 Å². The van der Waals surface area contributed by atoms with Gasteiger partial charge >= 0.3 is 5.97 Å².